The standard InChI is InChI=1S/C16H25NO4.C13H19N3O/c1-12(2)17(3)16(18)13-7-8-14(20-5)15(11-13)21-10-6-9-19-4;17-13(16-12-6-7-14-9-12)10-15-8-11-4-2-1-3-5-11/h7-8,11-12H,6,9-10H2,1-5H3;1-5,12,14-15H,6-10H2,(H,16,17). The molecule has 0 aliphatic carbocycles. The van der Waals surface area contributed by atoms with E-state index in [0.29, 0.717) is 42.9 Å². The summed E-state index contributed by atoms with van der Waals surface area (Å²) < 4.78 is 15.9. The Morgan fingerprint density at radius 3 is 2.47 bits per heavy atom. The van der Waals surface area contributed by atoms with Gasteiger partial charge in [0.1, 0.15) is 0 Å². The van der Waals surface area contributed by atoms with E-state index in [-0.39, 0.29) is 17.9 Å². The monoisotopic (exact) mass is 528 g/mol. The molecule has 3 rings (SSSR count). The van der Waals surface area contributed by atoms with Crippen molar-refractivity contribution in [3.05, 3.63) is 59.7 Å². The highest BCUT2D eigenvalue weighted by molar-refractivity contribution is 5.95. The predicted molar refractivity (Wildman–Crippen MR) is 150 cm³/mol. The van der Waals surface area contributed by atoms with Crippen molar-refractivity contribution in [1.29, 1.82) is 0 Å². The number of methoxy groups -OCH3 is 2. The van der Waals surface area contributed by atoms with Crippen molar-refractivity contribution >= 4 is 11.8 Å². The minimum absolute atomic E-state index is 0.0330. The molecule has 38 heavy (non-hydrogen) atoms. The number of rotatable bonds is 13. The Bertz CT molecular complexity index is 965. The fraction of sp³-hybridized carbons (Fsp3) is 0.517. The number of nitrogens with one attached hydrogen (secondary N) is 3. The van der Waals surface area contributed by atoms with E-state index in [0.717, 1.165) is 32.5 Å². The van der Waals surface area contributed by atoms with Crippen molar-refractivity contribution in [2.75, 3.05) is 54.1 Å². The van der Waals surface area contributed by atoms with Gasteiger partial charge in [0.25, 0.3) is 5.91 Å². The zero-order valence-electron chi connectivity index (χ0n) is 23.4. The average molecular weight is 529 g/mol. The van der Waals surface area contributed by atoms with Gasteiger partial charge in [-0.15, -0.1) is 0 Å². The molecule has 0 spiro atoms. The molecule has 2 aromatic carbocycles. The third-order valence-corrected chi connectivity index (χ3v) is 6.14. The van der Waals surface area contributed by atoms with Crippen molar-refractivity contribution in [1.82, 2.24) is 20.9 Å². The quantitative estimate of drug-likeness (QED) is 0.344. The van der Waals surface area contributed by atoms with Crippen LogP contribution in [-0.4, -0.2) is 82.9 Å². The van der Waals surface area contributed by atoms with Gasteiger partial charge in [-0.3, -0.25) is 9.59 Å². The summed E-state index contributed by atoms with van der Waals surface area (Å²) in [6.45, 7) is 8.11. The molecule has 1 aliphatic heterocycles. The lowest BCUT2D eigenvalue weighted by Crippen LogP contribution is -2.41. The van der Waals surface area contributed by atoms with Gasteiger partial charge in [-0.25, -0.2) is 0 Å². The van der Waals surface area contributed by atoms with Crippen LogP contribution in [0.15, 0.2) is 48.5 Å². The van der Waals surface area contributed by atoms with Crippen molar-refractivity contribution in [2.24, 2.45) is 0 Å². The van der Waals surface area contributed by atoms with Crippen LogP contribution in [0.2, 0.25) is 0 Å². The molecule has 0 saturated carbocycles. The Labute approximate surface area is 227 Å². The van der Waals surface area contributed by atoms with E-state index >= 15 is 0 Å². The molecule has 9 heteroatoms. The molecular formula is C29H44N4O5. The Morgan fingerprint density at radius 1 is 1.08 bits per heavy atom. The zero-order chi connectivity index (χ0) is 27.8. The van der Waals surface area contributed by atoms with E-state index in [9.17, 15) is 9.59 Å². The molecule has 2 aromatic rings. The van der Waals surface area contributed by atoms with Gasteiger partial charge < -0.3 is 35.1 Å². The summed E-state index contributed by atoms with van der Waals surface area (Å²) in [6, 6.07) is 15.8. The summed E-state index contributed by atoms with van der Waals surface area (Å²) in [5, 5.41) is 9.37. The largest absolute Gasteiger partial charge is 0.493 e. The smallest absolute Gasteiger partial charge is 0.253 e. The lowest BCUT2D eigenvalue weighted by molar-refractivity contribution is -0.120. The van der Waals surface area contributed by atoms with Gasteiger partial charge in [0.15, 0.2) is 11.5 Å². The fourth-order valence-electron chi connectivity index (χ4n) is 3.72. The molecule has 2 amide bonds. The zero-order valence-corrected chi connectivity index (χ0v) is 23.4. The Morgan fingerprint density at radius 2 is 1.84 bits per heavy atom. The molecule has 0 bridgehead atoms. The van der Waals surface area contributed by atoms with Gasteiger partial charge in [-0.1, -0.05) is 30.3 Å². The van der Waals surface area contributed by atoms with E-state index < -0.39 is 0 Å². The summed E-state index contributed by atoms with van der Waals surface area (Å²) in [5.74, 6) is 1.25. The second-order valence-corrected chi connectivity index (χ2v) is 9.42. The van der Waals surface area contributed by atoms with Gasteiger partial charge in [0.2, 0.25) is 5.91 Å². The number of hydrogen-bond donors (Lipinski definition) is 3. The van der Waals surface area contributed by atoms with Crippen LogP contribution in [0.1, 0.15) is 42.6 Å². The van der Waals surface area contributed by atoms with E-state index in [2.05, 4.69) is 16.0 Å². The fourth-order valence-corrected chi connectivity index (χ4v) is 3.72. The first-order valence-electron chi connectivity index (χ1n) is 13.2. The molecule has 1 atom stereocenters. The van der Waals surface area contributed by atoms with Crippen LogP contribution in [0.3, 0.4) is 0 Å². The maximum atomic E-state index is 12.3. The molecule has 1 saturated heterocycles. The van der Waals surface area contributed by atoms with Crippen molar-refractivity contribution in [3.63, 3.8) is 0 Å². The van der Waals surface area contributed by atoms with Crippen molar-refractivity contribution in [2.45, 2.75) is 45.3 Å². The summed E-state index contributed by atoms with van der Waals surface area (Å²) in [7, 11) is 5.02. The van der Waals surface area contributed by atoms with Crippen LogP contribution >= 0.6 is 0 Å². The van der Waals surface area contributed by atoms with Crippen LogP contribution in [0.25, 0.3) is 0 Å². The number of nitrogens with zero attached hydrogens (tertiary/aromatic N) is 1. The summed E-state index contributed by atoms with van der Waals surface area (Å²) in [6.07, 6.45) is 1.81. The van der Waals surface area contributed by atoms with Crippen LogP contribution in [0.5, 0.6) is 11.5 Å². The molecule has 9 nitrogen and oxygen atoms in total. The van der Waals surface area contributed by atoms with Crippen LogP contribution in [0, 0.1) is 0 Å². The van der Waals surface area contributed by atoms with Gasteiger partial charge in [-0.05, 0) is 50.6 Å². The Balaban J connectivity index is 0.000000272. The Hall–Kier alpha value is -3.14. The lowest BCUT2D eigenvalue weighted by atomic mass is 10.1. The molecular weight excluding hydrogens is 484 g/mol. The maximum absolute atomic E-state index is 12.3. The number of benzene rings is 2. The second-order valence-electron chi connectivity index (χ2n) is 9.42. The first-order valence-corrected chi connectivity index (χ1v) is 13.2. The predicted octanol–water partition coefficient (Wildman–Crippen LogP) is 2.85. The van der Waals surface area contributed by atoms with Gasteiger partial charge >= 0.3 is 0 Å². The molecule has 0 aromatic heterocycles. The second kappa shape index (κ2) is 17.4. The third kappa shape index (κ3) is 11.1. The number of hydrogen-bond acceptors (Lipinski definition) is 7. The minimum atomic E-state index is -0.0330. The third-order valence-electron chi connectivity index (χ3n) is 6.14. The molecule has 1 heterocycles. The van der Waals surface area contributed by atoms with Crippen molar-refractivity contribution in [3.8, 4) is 11.5 Å². The highest BCUT2D eigenvalue weighted by atomic mass is 16.5. The first kappa shape index (κ1) is 31.1. The van der Waals surface area contributed by atoms with Crippen LogP contribution in [-0.2, 0) is 16.1 Å². The summed E-state index contributed by atoms with van der Waals surface area (Å²) in [5.41, 5.74) is 1.79. The first-order chi connectivity index (χ1) is 18.3. The van der Waals surface area contributed by atoms with Gasteiger partial charge in [-0.2, -0.15) is 0 Å². The molecule has 1 unspecified atom stereocenters. The highest BCUT2D eigenvalue weighted by Gasteiger charge is 2.17. The van der Waals surface area contributed by atoms with Crippen molar-refractivity contribution < 1.29 is 23.8 Å². The summed E-state index contributed by atoms with van der Waals surface area (Å²) in [4.78, 5) is 25.6. The number of ether oxygens (including phenoxy) is 3. The summed E-state index contributed by atoms with van der Waals surface area (Å²) >= 11 is 0. The van der Waals surface area contributed by atoms with Crippen LogP contribution in [0.4, 0.5) is 0 Å². The van der Waals surface area contributed by atoms with Crippen LogP contribution < -0.4 is 25.4 Å². The average Bonchev–Trinajstić information content (AvgIpc) is 3.44. The lowest BCUT2D eigenvalue weighted by Gasteiger charge is -2.22. The van der Waals surface area contributed by atoms with Gasteiger partial charge in [0, 0.05) is 57.9 Å². The molecule has 1 fully saturated rings. The molecule has 210 valence electrons. The van der Waals surface area contributed by atoms with E-state index in [1.54, 1.807) is 44.4 Å². The molecule has 0 radical (unpaired) electrons. The Kier molecular flexibility index (Phi) is 14.2. The van der Waals surface area contributed by atoms with E-state index in [4.69, 9.17) is 14.2 Å². The number of carbonyl (C=O) groups excluding carboxylic acids is 2. The maximum Gasteiger partial charge on any atom is 0.253 e. The molecule has 1 aliphatic rings. The topological polar surface area (TPSA) is 101 Å². The minimum Gasteiger partial charge on any atom is -0.493 e. The van der Waals surface area contributed by atoms with E-state index in [1.807, 2.05) is 44.2 Å². The normalized spacial score (nSPS) is 14.4. The highest BCUT2D eigenvalue weighted by Crippen LogP contribution is 2.28. The number of amides is 2. The SMILES string of the molecule is COCCCOc1cc(C(=O)N(C)C(C)C)ccc1OC.O=C(CNCc1ccccc1)NC1CCNC1. The number of carbonyl (C=O) groups is 2. The van der Waals surface area contributed by atoms with E-state index in [1.165, 1.54) is 5.56 Å². The molecule has 3 N–H and O–H groups in total. The van der Waals surface area contributed by atoms with Gasteiger partial charge in [0.05, 0.1) is 20.3 Å².